The van der Waals surface area contributed by atoms with Gasteiger partial charge in [-0.05, 0) is 33.7 Å². The van der Waals surface area contributed by atoms with Crippen molar-refractivity contribution in [1.29, 1.82) is 0 Å². The number of ketones is 1. The fourth-order valence-corrected chi connectivity index (χ4v) is 2.32. The Labute approximate surface area is 106 Å². The molecule has 1 aliphatic heterocycles. The van der Waals surface area contributed by atoms with Gasteiger partial charge in [0.25, 0.3) is 0 Å². The lowest BCUT2D eigenvalue weighted by molar-refractivity contribution is -0.118. The molecule has 1 fully saturated rings. The molecule has 3 nitrogen and oxygen atoms in total. The first-order valence-electron chi connectivity index (χ1n) is 6.92. The van der Waals surface area contributed by atoms with Gasteiger partial charge in [0, 0.05) is 44.6 Å². The molecule has 1 rings (SSSR count). The van der Waals surface area contributed by atoms with E-state index >= 15 is 0 Å². The molecule has 0 aromatic carbocycles. The van der Waals surface area contributed by atoms with Gasteiger partial charge in [-0.1, -0.05) is 6.92 Å². The number of rotatable bonds is 5. The van der Waals surface area contributed by atoms with E-state index in [-0.39, 0.29) is 0 Å². The first kappa shape index (κ1) is 14.7. The molecule has 0 bridgehead atoms. The fraction of sp³-hybridized carbons (Fsp3) is 0.929. The lowest BCUT2D eigenvalue weighted by Gasteiger charge is -2.42. The maximum absolute atomic E-state index is 11.2. The molecule has 0 saturated carbocycles. The van der Waals surface area contributed by atoms with E-state index in [1.165, 1.54) is 0 Å². The molecule has 0 unspecified atom stereocenters. The zero-order valence-electron chi connectivity index (χ0n) is 12.0. The quantitative estimate of drug-likeness (QED) is 0.736. The topological polar surface area (TPSA) is 23.6 Å². The van der Waals surface area contributed by atoms with Crippen LogP contribution in [0.4, 0.5) is 0 Å². The van der Waals surface area contributed by atoms with Gasteiger partial charge in [-0.2, -0.15) is 0 Å². The summed E-state index contributed by atoms with van der Waals surface area (Å²) in [6, 6.07) is 0. The first-order valence-corrected chi connectivity index (χ1v) is 6.92. The number of hydrogen-bond donors (Lipinski definition) is 0. The van der Waals surface area contributed by atoms with Gasteiger partial charge in [-0.15, -0.1) is 0 Å². The molecule has 17 heavy (non-hydrogen) atoms. The predicted octanol–water partition coefficient (Wildman–Crippen LogP) is 2.16. The van der Waals surface area contributed by atoms with Crippen molar-refractivity contribution in [2.75, 3.05) is 32.7 Å². The number of nitrogens with zero attached hydrogens (tertiary/aromatic N) is 2. The lowest BCUT2D eigenvalue weighted by atomic mass is 10.0. The van der Waals surface area contributed by atoms with E-state index in [1.807, 2.05) is 6.92 Å². The Morgan fingerprint density at radius 2 is 1.71 bits per heavy atom. The highest BCUT2D eigenvalue weighted by Gasteiger charge is 2.25. The summed E-state index contributed by atoms with van der Waals surface area (Å²) in [6.45, 7) is 14.5. The molecule has 1 saturated heterocycles. The minimum Gasteiger partial charge on any atom is -0.301 e. The van der Waals surface area contributed by atoms with E-state index in [1.54, 1.807) is 0 Å². The van der Waals surface area contributed by atoms with Crippen molar-refractivity contribution in [3.8, 4) is 0 Å². The highest BCUT2D eigenvalue weighted by molar-refractivity contribution is 5.77. The predicted molar refractivity (Wildman–Crippen MR) is 72.3 cm³/mol. The van der Waals surface area contributed by atoms with Crippen LogP contribution >= 0.6 is 0 Å². The number of carbonyl (C=O) groups excluding carboxylic acids is 1. The van der Waals surface area contributed by atoms with E-state index < -0.39 is 0 Å². The van der Waals surface area contributed by atoms with Crippen molar-refractivity contribution in [2.24, 2.45) is 0 Å². The molecule has 0 aromatic heterocycles. The molecule has 0 aliphatic carbocycles. The molecule has 0 N–H and O–H groups in total. The highest BCUT2D eigenvalue weighted by Crippen LogP contribution is 2.15. The molecule has 0 radical (unpaired) electrons. The zero-order valence-corrected chi connectivity index (χ0v) is 12.0. The first-order chi connectivity index (χ1) is 7.93. The molecule has 1 heterocycles. The summed E-state index contributed by atoms with van der Waals surface area (Å²) in [5.41, 5.74) is 0.296. The average molecular weight is 240 g/mol. The Bertz CT molecular complexity index is 237. The number of Topliss-reactive ketones (excluding diaryl/α,β-unsaturated/α-hetero) is 1. The maximum Gasteiger partial charge on any atom is 0.132 e. The van der Waals surface area contributed by atoms with Crippen LogP contribution in [0, 0.1) is 0 Å². The second-order valence-corrected chi connectivity index (χ2v) is 6.00. The molecule has 0 spiro atoms. The molecule has 0 amide bonds. The van der Waals surface area contributed by atoms with Crippen LogP contribution in [-0.2, 0) is 4.79 Å². The van der Waals surface area contributed by atoms with E-state index in [0.29, 0.717) is 17.7 Å². The van der Waals surface area contributed by atoms with Crippen LogP contribution in [0.3, 0.4) is 0 Å². The third-order valence-corrected chi connectivity index (χ3v) is 3.65. The normalized spacial score (nSPS) is 19.5. The molecular weight excluding hydrogens is 212 g/mol. The molecule has 100 valence electrons. The maximum atomic E-state index is 11.2. The Balaban J connectivity index is 2.17. The molecule has 3 heteroatoms. The highest BCUT2D eigenvalue weighted by atomic mass is 16.1. The van der Waals surface area contributed by atoms with Crippen molar-refractivity contribution in [1.82, 2.24) is 9.80 Å². The second kappa shape index (κ2) is 6.50. The van der Waals surface area contributed by atoms with Crippen LogP contribution in [0.5, 0.6) is 0 Å². The lowest BCUT2D eigenvalue weighted by Crippen LogP contribution is -2.53. The Morgan fingerprint density at radius 1 is 1.12 bits per heavy atom. The van der Waals surface area contributed by atoms with Crippen molar-refractivity contribution in [3.05, 3.63) is 0 Å². The van der Waals surface area contributed by atoms with Crippen LogP contribution in [0.25, 0.3) is 0 Å². The third-order valence-electron chi connectivity index (χ3n) is 3.65. The van der Waals surface area contributed by atoms with Gasteiger partial charge in [-0.25, -0.2) is 0 Å². The summed E-state index contributed by atoms with van der Waals surface area (Å²) in [7, 11) is 0. The Hall–Kier alpha value is -0.410. The van der Waals surface area contributed by atoms with Crippen molar-refractivity contribution in [3.63, 3.8) is 0 Å². The van der Waals surface area contributed by atoms with Crippen molar-refractivity contribution < 1.29 is 4.79 Å². The van der Waals surface area contributed by atoms with Gasteiger partial charge in [-0.3, -0.25) is 9.69 Å². The SMILES string of the molecule is CCC(=O)CCCN1CCN(C(C)(C)C)CC1. The van der Waals surface area contributed by atoms with Crippen molar-refractivity contribution in [2.45, 2.75) is 52.5 Å². The Kier molecular flexibility index (Phi) is 5.60. The van der Waals surface area contributed by atoms with Gasteiger partial charge in [0.1, 0.15) is 5.78 Å². The minimum absolute atomic E-state index is 0.296. The summed E-state index contributed by atoms with van der Waals surface area (Å²) in [5, 5.41) is 0. The molecule has 1 aliphatic rings. The zero-order chi connectivity index (χ0) is 12.9. The average Bonchev–Trinajstić information content (AvgIpc) is 2.28. The summed E-state index contributed by atoms with van der Waals surface area (Å²) in [6.07, 6.45) is 2.48. The second-order valence-electron chi connectivity index (χ2n) is 6.00. The standard InChI is InChI=1S/C14H28N2O/c1-5-13(17)7-6-8-15-9-11-16(12-10-15)14(2,3)4/h5-12H2,1-4H3. The molecular formula is C14H28N2O. The van der Waals surface area contributed by atoms with Crippen LogP contribution in [0.2, 0.25) is 0 Å². The van der Waals surface area contributed by atoms with Gasteiger partial charge in [0.2, 0.25) is 0 Å². The van der Waals surface area contributed by atoms with Gasteiger partial charge in [0.15, 0.2) is 0 Å². The third kappa shape index (κ3) is 5.17. The van der Waals surface area contributed by atoms with E-state index in [2.05, 4.69) is 30.6 Å². The van der Waals surface area contributed by atoms with Crippen LogP contribution in [-0.4, -0.2) is 53.8 Å². The monoisotopic (exact) mass is 240 g/mol. The minimum atomic E-state index is 0.296. The number of carbonyl (C=O) groups is 1. The van der Waals surface area contributed by atoms with Gasteiger partial charge < -0.3 is 4.90 Å². The number of piperazine rings is 1. The Morgan fingerprint density at radius 3 is 2.18 bits per heavy atom. The number of hydrogen-bond acceptors (Lipinski definition) is 3. The largest absolute Gasteiger partial charge is 0.301 e. The van der Waals surface area contributed by atoms with Crippen LogP contribution < -0.4 is 0 Å². The van der Waals surface area contributed by atoms with Crippen LogP contribution in [0.15, 0.2) is 0 Å². The van der Waals surface area contributed by atoms with E-state index in [9.17, 15) is 4.79 Å². The molecule has 0 atom stereocenters. The summed E-state index contributed by atoms with van der Waals surface area (Å²) >= 11 is 0. The van der Waals surface area contributed by atoms with E-state index in [4.69, 9.17) is 0 Å². The summed E-state index contributed by atoms with van der Waals surface area (Å²) < 4.78 is 0. The van der Waals surface area contributed by atoms with E-state index in [0.717, 1.165) is 45.6 Å². The van der Waals surface area contributed by atoms with Crippen LogP contribution in [0.1, 0.15) is 47.0 Å². The molecule has 0 aromatic rings. The van der Waals surface area contributed by atoms with Crippen molar-refractivity contribution >= 4 is 5.78 Å². The van der Waals surface area contributed by atoms with Gasteiger partial charge in [0.05, 0.1) is 0 Å². The summed E-state index contributed by atoms with van der Waals surface area (Å²) in [4.78, 5) is 16.2. The van der Waals surface area contributed by atoms with Gasteiger partial charge >= 0.3 is 0 Å². The summed E-state index contributed by atoms with van der Waals surface area (Å²) in [5.74, 6) is 0.401. The smallest absolute Gasteiger partial charge is 0.132 e. The fourth-order valence-electron chi connectivity index (χ4n) is 2.32.